The van der Waals surface area contributed by atoms with E-state index in [1.54, 1.807) is 0 Å². The highest BCUT2D eigenvalue weighted by molar-refractivity contribution is 5.22. The molecular formula is C20H31N. The van der Waals surface area contributed by atoms with Crippen LogP contribution < -0.4 is 5.32 Å². The summed E-state index contributed by atoms with van der Waals surface area (Å²) in [4.78, 5) is 0. The molecule has 2 atom stereocenters. The third-order valence-corrected chi connectivity index (χ3v) is 6.90. The molecule has 2 fully saturated rings. The molecule has 116 valence electrons. The van der Waals surface area contributed by atoms with E-state index in [-0.39, 0.29) is 0 Å². The van der Waals surface area contributed by atoms with Crippen LogP contribution in [0.25, 0.3) is 0 Å². The zero-order valence-electron chi connectivity index (χ0n) is 14.2. The lowest BCUT2D eigenvalue weighted by molar-refractivity contribution is 0.317. The smallest absolute Gasteiger partial charge is 0.0136 e. The molecule has 3 rings (SSSR count). The Hall–Kier alpha value is -0.820. The summed E-state index contributed by atoms with van der Waals surface area (Å²) in [6.45, 7) is 10.9. The molecule has 1 heteroatoms. The molecule has 1 aromatic rings. The summed E-state index contributed by atoms with van der Waals surface area (Å²) in [6.07, 6.45) is 5.46. The molecule has 21 heavy (non-hydrogen) atoms. The number of hydrogen-bond acceptors (Lipinski definition) is 1. The van der Waals surface area contributed by atoms with Gasteiger partial charge in [0, 0.05) is 6.04 Å². The second kappa shape index (κ2) is 5.43. The zero-order chi connectivity index (χ0) is 15.1. The van der Waals surface area contributed by atoms with E-state index in [2.05, 4.69) is 63.3 Å². The van der Waals surface area contributed by atoms with E-state index in [1.807, 2.05) is 0 Å². The fraction of sp³-hybridized carbons (Fsp3) is 0.700. The SMILES string of the molecule is CC1(C)C(CNC2CCCCC2c2ccccc2)C1(C)C. The minimum Gasteiger partial charge on any atom is -0.313 e. The number of benzene rings is 1. The number of rotatable bonds is 4. The predicted molar refractivity (Wildman–Crippen MR) is 90.5 cm³/mol. The molecule has 0 saturated heterocycles. The van der Waals surface area contributed by atoms with Crippen LogP contribution in [0.2, 0.25) is 0 Å². The monoisotopic (exact) mass is 285 g/mol. The Bertz CT molecular complexity index is 460. The van der Waals surface area contributed by atoms with Crippen LogP contribution in [0.3, 0.4) is 0 Å². The van der Waals surface area contributed by atoms with Crippen LogP contribution in [0.15, 0.2) is 30.3 Å². The fourth-order valence-corrected chi connectivity index (χ4v) is 4.59. The van der Waals surface area contributed by atoms with Crippen molar-refractivity contribution in [1.82, 2.24) is 5.32 Å². The van der Waals surface area contributed by atoms with Crippen molar-refractivity contribution in [2.45, 2.75) is 65.3 Å². The van der Waals surface area contributed by atoms with E-state index in [9.17, 15) is 0 Å². The molecule has 0 bridgehead atoms. The first-order valence-corrected chi connectivity index (χ1v) is 8.73. The molecule has 1 nitrogen and oxygen atoms in total. The molecule has 2 saturated carbocycles. The molecule has 1 N–H and O–H groups in total. The Morgan fingerprint density at radius 1 is 0.952 bits per heavy atom. The lowest BCUT2D eigenvalue weighted by atomic mass is 9.80. The largest absolute Gasteiger partial charge is 0.313 e. The van der Waals surface area contributed by atoms with Crippen molar-refractivity contribution in [3.8, 4) is 0 Å². The molecule has 2 aliphatic carbocycles. The number of nitrogens with one attached hydrogen (secondary N) is 1. The lowest BCUT2D eigenvalue weighted by Crippen LogP contribution is -2.39. The first-order chi connectivity index (χ1) is 9.94. The first kappa shape index (κ1) is 15.1. The molecule has 0 spiro atoms. The van der Waals surface area contributed by atoms with E-state index >= 15 is 0 Å². The maximum Gasteiger partial charge on any atom is 0.0136 e. The average Bonchev–Trinajstić information content (AvgIpc) is 2.87. The summed E-state index contributed by atoms with van der Waals surface area (Å²) in [6, 6.07) is 11.8. The summed E-state index contributed by atoms with van der Waals surface area (Å²) in [7, 11) is 0. The summed E-state index contributed by atoms with van der Waals surface area (Å²) >= 11 is 0. The Labute approximate surface area is 130 Å². The van der Waals surface area contributed by atoms with E-state index < -0.39 is 0 Å². The van der Waals surface area contributed by atoms with Gasteiger partial charge in [0.25, 0.3) is 0 Å². The van der Waals surface area contributed by atoms with Gasteiger partial charge in [-0.2, -0.15) is 0 Å². The van der Waals surface area contributed by atoms with Gasteiger partial charge < -0.3 is 5.32 Å². The summed E-state index contributed by atoms with van der Waals surface area (Å²) in [5, 5.41) is 3.94. The quantitative estimate of drug-likeness (QED) is 0.822. The van der Waals surface area contributed by atoms with E-state index in [4.69, 9.17) is 0 Å². The standard InChI is InChI=1S/C20H31N/c1-19(2)18(20(19,3)4)14-21-17-13-9-8-12-16(17)15-10-6-5-7-11-15/h5-7,10-11,16-18,21H,8-9,12-14H2,1-4H3. The van der Waals surface area contributed by atoms with Crippen LogP contribution in [0, 0.1) is 16.7 Å². The molecule has 0 amide bonds. The minimum atomic E-state index is 0.497. The van der Waals surface area contributed by atoms with Gasteiger partial charge in [0.15, 0.2) is 0 Å². The van der Waals surface area contributed by atoms with Gasteiger partial charge in [-0.05, 0) is 47.6 Å². The highest BCUT2D eigenvalue weighted by Gasteiger charge is 2.64. The van der Waals surface area contributed by atoms with Gasteiger partial charge in [-0.25, -0.2) is 0 Å². The molecule has 1 aromatic carbocycles. The summed E-state index contributed by atoms with van der Waals surface area (Å²) in [5.41, 5.74) is 2.53. The molecular weight excluding hydrogens is 254 g/mol. The van der Waals surface area contributed by atoms with E-state index in [1.165, 1.54) is 37.8 Å². The van der Waals surface area contributed by atoms with Crippen molar-refractivity contribution in [3.05, 3.63) is 35.9 Å². The highest BCUT2D eigenvalue weighted by Crippen LogP contribution is 2.68. The Balaban J connectivity index is 1.64. The van der Waals surface area contributed by atoms with Crippen LogP contribution in [0.1, 0.15) is 64.9 Å². The zero-order valence-corrected chi connectivity index (χ0v) is 14.2. The summed E-state index contributed by atoms with van der Waals surface area (Å²) < 4.78 is 0. The molecule has 2 aliphatic rings. The van der Waals surface area contributed by atoms with Crippen molar-refractivity contribution in [2.75, 3.05) is 6.54 Å². The highest BCUT2D eigenvalue weighted by atomic mass is 15.0. The Morgan fingerprint density at radius 2 is 1.57 bits per heavy atom. The van der Waals surface area contributed by atoms with E-state index in [0.717, 1.165) is 5.92 Å². The number of hydrogen-bond donors (Lipinski definition) is 1. The molecule has 0 aromatic heterocycles. The van der Waals surface area contributed by atoms with Gasteiger partial charge in [-0.3, -0.25) is 0 Å². The second-order valence-electron chi connectivity index (χ2n) is 8.31. The molecule has 0 heterocycles. The minimum absolute atomic E-state index is 0.497. The van der Waals surface area contributed by atoms with Crippen molar-refractivity contribution < 1.29 is 0 Å². The Kier molecular flexibility index (Phi) is 3.90. The van der Waals surface area contributed by atoms with Crippen molar-refractivity contribution >= 4 is 0 Å². The van der Waals surface area contributed by atoms with Crippen LogP contribution in [0.4, 0.5) is 0 Å². The van der Waals surface area contributed by atoms with Gasteiger partial charge in [0.1, 0.15) is 0 Å². The first-order valence-electron chi connectivity index (χ1n) is 8.73. The van der Waals surface area contributed by atoms with Gasteiger partial charge in [-0.1, -0.05) is 70.9 Å². The van der Waals surface area contributed by atoms with Crippen LogP contribution in [0.5, 0.6) is 0 Å². The molecule has 2 unspecified atom stereocenters. The van der Waals surface area contributed by atoms with Crippen molar-refractivity contribution in [2.24, 2.45) is 16.7 Å². The van der Waals surface area contributed by atoms with Crippen molar-refractivity contribution in [3.63, 3.8) is 0 Å². The second-order valence-corrected chi connectivity index (χ2v) is 8.31. The maximum absolute atomic E-state index is 3.94. The Morgan fingerprint density at radius 3 is 2.19 bits per heavy atom. The third-order valence-electron chi connectivity index (χ3n) is 6.90. The third kappa shape index (κ3) is 2.65. The normalized spacial score (nSPS) is 31.0. The average molecular weight is 285 g/mol. The van der Waals surface area contributed by atoms with Gasteiger partial charge in [0.05, 0.1) is 0 Å². The van der Waals surface area contributed by atoms with Gasteiger partial charge >= 0.3 is 0 Å². The van der Waals surface area contributed by atoms with Crippen LogP contribution in [-0.4, -0.2) is 12.6 Å². The topological polar surface area (TPSA) is 12.0 Å². The molecule has 0 aliphatic heterocycles. The molecule has 0 radical (unpaired) electrons. The predicted octanol–water partition coefficient (Wildman–Crippen LogP) is 4.98. The fourth-order valence-electron chi connectivity index (χ4n) is 4.59. The van der Waals surface area contributed by atoms with E-state index in [0.29, 0.717) is 22.8 Å². The summed E-state index contributed by atoms with van der Waals surface area (Å²) in [5.74, 6) is 1.54. The van der Waals surface area contributed by atoms with Gasteiger partial charge in [0.2, 0.25) is 0 Å². The van der Waals surface area contributed by atoms with Crippen molar-refractivity contribution in [1.29, 1.82) is 0 Å². The van der Waals surface area contributed by atoms with Crippen LogP contribution >= 0.6 is 0 Å². The van der Waals surface area contributed by atoms with Crippen LogP contribution in [-0.2, 0) is 0 Å². The maximum atomic E-state index is 3.94. The lowest BCUT2D eigenvalue weighted by Gasteiger charge is -2.33. The van der Waals surface area contributed by atoms with Gasteiger partial charge in [-0.15, -0.1) is 0 Å².